The molecule has 1 saturated carbocycles. The van der Waals surface area contributed by atoms with Gasteiger partial charge in [0, 0.05) is 20.0 Å². The molecule has 2 saturated heterocycles. The number of piperidine rings is 1. The Morgan fingerprint density at radius 3 is 2.61 bits per heavy atom. The topological polar surface area (TPSA) is 73.8 Å². The number of carbonyl (C=O) groups excluding carboxylic acids is 2. The van der Waals surface area contributed by atoms with Gasteiger partial charge in [0.15, 0.2) is 5.96 Å². The fourth-order valence-electron chi connectivity index (χ4n) is 2.55. The van der Waals surface area contributed by atoms with Crippen LogP contribution in [0.5, 0.6) is 0 Å². The highest BCUT2D eigenvalue weighted by molar-refractivity contribution is 6.09. The molecular formula is C12H18N4O2. The molecule has 0 radical (unpaired) electrons. The number of rotatable bonds is 1. The number of amides is 2. The van der Waals surface area contributed by atoms with Gasteiger partial charge in [-0.05, 0) is 25.7 Å². The second kappa shape index (κ2) is 3.96. The highest BCUT2D eigenvalue weighted by Crippen LogP contribution is 2.28. The van der Waals surface area contributed by atoms with E-state index < -0.39 is 5.54 Å². The van der Waals surface area contributed by atoms with Gasteiger partial charge in [-0.25, -0.2) is 4.99 Å². The van der Waals surface area contributed by atoms with Gasteiger partial charge in [0.05, 0.1) is 6.04 Å². The van der Waals surface area contributed by atoms with Crippen LogP contribution in [0.3, 0.4) is 0 Å². The number of nitrogens with one attached hydrogen (secondary N) is 2. The zero-order chi connectivity index (χ0) is 12.8. The summed E-state index contributed by atoms with van der Waals surface area (Å²) in [6, 6.07) is 0.389. The Morgan fingerprint density at radius 2 is 2.06 bits per heavy atom. The summed E-state index contributed by atoms with van der Waals surface area (Å²) in [6.07, 6.45) is 3.54. The van der Waals surface area contributed by atoms with Crippen LogP contribution in [0, 0.1) is 0 Å². The van der Waals surface area contributed by atoms with Crippen LogP contribution in [0.2, 0.25) is 0 Å². The van der Waals surface area contributed by atoms with Crippen LogP contribution in [-0.4, -0.2) is 47.3 Å². The van der Waals surface area contributed by atoms with Crippen molar-refractivity contribution >= 4 is 17.8 Å². The predicted molar refractivity (Wildman–Crippen MR) is 66.0 cm³/mol. The summed E-state index contributed by atoms with van der Waals surface area (Å²) in [5.74, 6) is 0.707. The minimum Gasteiger partial charge on any atom is -0.343 e. The number of carbonyl (C=O) groups is 2. The molecule has 2 aliphatic heterocycles. The molecule has 0 aromatic rings. The van der Waals surface area contributed by atoms with E-state index in [1.165, 1.54) is 0 Å². The maximum absolute atomic E-state index is 12.1. The summed E-state index contributed by atoms with van der Waals surface area (Å²) >= 11 is 0. The molecule has 2 N–H and O–H groups in total. The van der Waals surface area contributed by atoms with Gasteiger partial charge < -0.3 is 10.2 Å². The zero-order valence-corrected chi connectivity index (χ0v) is 10.5. The molecule has 6 nitrogen and oxygen atoms in total. The summed E-state index contributed by atoms with van der Waals surface area (Å²) in [7, 11) is 0. The SMILES string of the molecule is CC(=O)N1CCC2(CC1)NC(=NC1CC1)NC2=O. The average Bonchev–Trinajstić information content (AvgIpc) is 3.08. The predicted octanol–water partition coefficient (Wildman–Crippen LogP) is -0.395. The number of aliphatic imine (C=N–C) groups is 1. The van der Waals surface area contributed by atoms with E-state index in [-0.39, 0.29) is 11.8 Å². The molecule has 1 aliphatic carbocycles. The molecule has 3 fully saturated rings. The normalized spacial score (nSPS) is 28.4. The largest absolute Gasteiger partial charge is 0.343 e. The van der Waals surface area contributed by atoms with E-state index in [9.17, 15) is 9.59 Å². The molecule has 6 heteroatoms. The average molecular weight is 250 g/mol. The van der Waals surface area contributed by atoms with Crippen LogP contribution >= 0.6 is 0 Å². The molecule has 1 spiro atoms. The summed E-state index contributed by atoms with van der Waals surface area (Å²) in [5, 5.41) is 6.06. The lowest BCUT2D eigenvalue weighted by molar-refractivity contribution is -0.134. The van der Waals surface area contributed by atoms with Crippen LogP contribution in [0.15, 0.2) is 4.99 Å². The van der Waals surface area contributed by atoms with E-state index in [1.807, 2.05) is 0 Å². The lowest BCUT2D eigenvalue weighted by Crippen LogP contribution is -2.55. The molecule has 2 amide bonds. The second-order valence-electron chi connectivity index (χ2n) is 5.38. The molecule has 0 bridgehead atoms. The maximum atomic E-state index is 12.1. The van der Waals surface area contributed by atoms with Gasteiger partial charge in [-0.3, -0.25) is 14.9 Å². The maximum Gasteiger partial charge on any atom is 0.252 e. The zero-order valence-electron chi connectivity index (χ0n) is 10.5. The van der Waals surface area contributed by atoms with Crippen molar-refractivity contribution in [1.82, 2.24) is 15.5 Å². The van der Waals surface area contributed by atoms with Crippen LogP contribution in [0.25, 0.3) is 0 Å². The fourth-order valence-corrected chi connectivity index (χ4v) is 2.55. The van der Waals surface area contributed by atoms with Gasteiger partial charge in [0.2, 0.25) is 5.91 Å². The van der Waals surface area contributed by atoms with Crippen molar-refractivity contribution in [2.75, 3.05) is 13.1 Å². The van der Waals surface area contributed by atoms with Gasteiger partial charge in [-0.2, -0.15) is 0 Å². The van der Waals surface area contributed by atoms with Crippen molar-refractivity contribution in [2.24, 2.45) is 4.99 Å². The molecular weight excluding hydrogens is 232 g/mol. The monoisotopic (exact) mass is 250 g/mol. The summed E-state index contributed by atoms with van der Waals surface area (Å²) in [5.41, 5.74) is -0.542. The first-order valence-corrected chi connectivity index (χ1v) is 6.52. The highest BCUT2D eigenvalue weighted by atomic mass is 16.2. The van der Waals surface area contributed by atoms with E-state index in [2.05, 4.69) is 15.6 Å². The Hall–Kier alpha value is -1.59. The van der Waals surface area contributed by atoms with Gasteiger partial charge in [-0.1, -0.05) is 0 Å². The number of hydrogen-bond acceptors (Lipinski definition) is 3. The van der Waals surface area contributed by atoms with Gasteiger partial charge in [0.1, 0.15) is 5.54 Å². The lowest BCUT2D eigenvalue weighted by Gasteiger charge is -2.36. The van der Waals surface area contributed by atoms with E-state index in [0.717, 1.165) is 12.8 Å². The third-order valence-corrected chi connectivity index (χ3v) is 3.95. The van der Waals surface area contributed by atoms with Crippen molar-refractivity contribution in [3.8, 4) is 0 Å². The van der Waals surface area contributed by atoms with Crippen LogP contribution in [0.4, 0.5) is 0 Å². The standard InChI is InChI=1S/C12H18N4O2/c1-8(17)16-6-4-12(5-7-16)10(18)14-11(15-12)13-9-2-3-9/h9H,2-7H2,1H3,(H2,13,14,15,18). The Balaban J connectivity index is 1.69. The van der Waals surface area contributed by atoms with E-state index >= 15 is 0 Å². The lowest BCUT2D eigenvalue weighted by atomic mass is 9.88. The Bertz CT molecular complexity index is 420. The summed E-state index contributed by atoms with van der Waals surface area (Å²) in [4.78, 5) is 29.6. The second-order valence-corrected chi connectivity index (χ2v) is 5.38. The summed E-state index contributed by atoms with van der Waals surface area (Å²) < 4.78 is 0. The third kappa shape index (κ3) is 1.95. The first-order valence-electron chi connectivity index (χ1n) is 6.52. The van der Waals surface area contributed by atoms with E-state index in [0.29, 0.717) is 37.9 Å². The number of nitrogens with zero attached hydrogens (tertiary/aromatic N) is 2. The molecule has 3 aliphatic rings. The molecule has 0 aromatic carbocycles. The van der Waals surface area contributed by atoms with Gasteiger partial charge in [-0.15, -0.1) is 0 Å². The number of guanidine groups is 1. The molecule has 98 valence electrons. The first kappa shape index (κ1) is 11.5. The molecule has 0 aromatic heterocycles. The molecule has 2 heterocycles. The fraction of sp³-hybridized carbons (Fsp3) is 0.750. The minimum absolute atomic E-state index is 0.00472. The van der Waals surface area contributed by atoms with Gasteiger partial charge in [0.25, 0.3) is 5.91 Å². The van der Waals surface area contributed by atoms with E-state index in [4.69, 9.17) is 0 Å². The Kier molecular flexibility index (Phi) is 2.53. The molecule has 0 unspecified atom stereocenters. The molecule has 18 heavy (non-hydrogen) atoms. The smallest absolute Gasteiger partial charge is 0.252 e. The Morgan fingerprint density at radius 1 is 1.39 bits per heavy atom. The van der Waals surface area contributed by atoms with Crippen molar-refractivity contribution in [3.05, 3.63) is 0 Å². The minimum atomic E-state index is -0.542. The van der Waals surface area contributed by atoms with Crippen molar-refractivity contribution in [3.63, 3.8) is 0 Å². The highest BCUT2D eigenvalue weighted by Gasteiger charge is 2.47. The number of hydrogen-bond donors (Lipinski definition) is 2. The van der Waals surface area contributed by atoms with Crippen molar-refractivity contribution < 1.29 is 9.59 Å². The van der Waals surface area contributed by atoms with E-state index in [1.54, 1.807) is 11.8 Å². The van der Waals surface area contributed by atoms with Crippen molar-refractivity contribution in [2.45, 2.75) is 44.2 Å². The quantitative estimate of drug-likeness (QED) is 0.665. The van der Waals surface area contributed by atoms with Gasteiger partial charge >= 0.3 is 0 Å². The number of likely N-dealkylation sites (tertiary alicyclic amines) is 1. The van der Waals surface area contributed by atoms with Crippen molar-refractivity contribution in [1.29, 1.82) is 0 Å². The molecule has 0 atom stereocenters. The van der Waals surface area contributed by atoms with Crippen LogP contribution in [-0.2, 0) is 9.59 Å². The third-order valence-electron chi connectivity index (χ3n) is 3.95. The summed E-state index contributed by atoms with van der Waals surface area (Å²) in [6.45, 7) is 2.83. The Labute approximate surface area is 106 Å². The first-order chi connectivity index (χ1) is 8.59. The molecule has 3 rings (SSSR count). The van der Waals surface area contributed by atoms with Crippen LogP contribution < -0.4 is 10.6 Å². The van der Waals surface area contributed by atoms with Crippen LogP contribution in [0.1, 0.15) is 32.6 Å².